The van der Waals surface area contributed by atoms with Crippen LogP contribution in [0.4, 0.5) is 11.6 Å². The van der Waals surface area contributed by atoms with E-state index < -0.39 is 0 Å². The zero-order chi connectivity index (χ0) is 22.0. The molecule has 0 spiro atoms. The molecule has 2 fully saturated rings. The van der Waals surface area contributed by atoms with Crippen LogP contribution in [0.15, 0.2) is 24.3 Å². The number of hydrogen-bond acceptors (Lipinski definition) is 8. The van der Waals surface area contributed by atoms with E-state index in [1.54, 1.807) is 0 Å². The first-order valence-corrected chi connectivity index (χ1v) is 12.0. The van der Waals surface area contributed by atoms with Crippen molar-refractivity contribution >= 4 is 11.6 Å². The molecule has 0 aliphatic carbocycles. The van der Waals surface area contributed by atoms with E-state index in [1.807, 2.05) is 12.1 Å². The molecule has 0 atom stereocenters. The molecule has 3 heterocycles. The van der Waals surface area contributed by atoms with Crippen molar-refractivity contribution in [2.45, 2.75) is 45.4 Å². The van der Waals surface area contributed by atoms with Crippen molar-refractivity contribution in [1.29, 1.82) is 0 Å². The highest BCUT2D eigenvalue weighted by atomic mass is 16.5. The summed E-state index contributed by atoms with van der Waals surface area (Å²) in [6.07, 6.45) is 7.74. The molecule has 1 aromatic carbocycles. The van der Waals surface area contributed by atoms with Gasteiger partial charge in [0.1, 0.15) is 13.2 Å². The maximum atomic E-state index is 5.91. The SMILES string of the molecule is Cc1ccc(Nc2nc(OCCN3CCCCC3)nc(OCCN3CCCCC3)n2)cc1. The molecular weight excluding hydrogens is 404 g/mol. The van der Waals surface area contributed by atoms with Gasteiger partial charge in [0.05, 0.1) is 0 Å². The number of hydrogen-bond donors (Lipinski definition) is 1. The van der Waals surface area contributed by atoms with E-state index in [4.69, 9.17) is 9.47 Å². The van der Waals surface area contributed by atoms with Gasteiger partial charge < -0.3 is 14.8 Å². The predicted octanol–water partition coefficient (Wildman–Crippen LogP) is 3.65. The smallest absolute Gasteiger partial charge is 0.324 e. The van der Waals surface area contributed by atoms with Crippen LogP contribution in [0, 0.1) is 6.92 Å². The lowest BCUT2D eigenvalue weighted by Crippen LogP contribution is -2.33. The third-order valence-electron chi connectivity index (χ3n) is 6.08. The van der Waals surface area contributed by atoms with Gasteiger partial charge in [-0.25, -0.2) is 0 Å². The van der Waals surface area contributed by atoms with E-state index in [-0.39, 0.29) is 0 Å². The van der Waals surface area contributed by atoms with Gasteiger partial charge in [-0.3, -0.25) is 9.80 Å². The minimum Gasteiger partial charge on any atom is -0.462 e. The number of likely N-dealkylation sites (tertiary alicyclic amines) is 2. The first kappa shape index (κ1) is 22.7. The summed E-state index contributed by atoms with van der Waals surface area (Å²) in [7, 11) is 0. The van der Waals surface area contributed by atoms with Crippen LogP contribution in [-0.4, -0.2) is 77.2 Å². The Morgan fingerprint density at radius 1 is 0.719 bits per heavy atom. The van der Waals surface area contributed by atoms with Crippen LogP contribution in [-0.2, 0) is 0 Å². The highest BCUT2D eigenvalue weighted by Crippen LogP contribution is 2.19. The number of anilines is 2. The van der Waals surface area contributed by atoms with Crippen LogP contribution < -0.4 is 14.8 Å². The Bertz CT molecular complexity index is 777. The van der Waals surface area contributed by atoms with Crippen LogP contribution in [0.1, 0.15) is 44.1 Å². The molecule has 1 aromatic heterocycles. The average Bonchev–Trinajstić information content (AvgIpc) is 2.82. The topological polar surface area (TPSA) is 75.6 Å². The van der Waals surface area contributed by atoms with Crippen molar-refractivity contribution in [3.05, 3.63) is 29.8 Å². The average molecular weight is 441 g/mol. The molecule has 2 aromatic rings. The van der Waals surface area contributed by atoms with Crippen LogP contribution in [0.25, 0.3) is 0 Å². The van der Waals surface area contributed by atoms with Crippen molar-refractivity contribution in [3.8, 4) is 12.0 Å². The van der Waals surface area contributed by atoms with Gasteiger partial charge in [-0.1, -0.05) is 30.5 Å². The number of aromatic nitrogens is 3. The summed E-state index contributed by atoms with van der Waals surface area (Å²) in [5.74, 6) is 0.435. The molecule has 2 aliphatic heterocycles. The first-order chi connectivity index (χ1) is 15.7. The lowest BCUT2D eigenvalue weighted by Gasteiger charge is -2.26. The number of nitrogens with one attached hydrogen (secondary N) is 1. The summed E-state index contributed by atoms with van der Waals surface area (Å²) in [6.45, 7) is 9.53. The molecule has 8 nitrogen and oxygen atoms in total. The van der Waals surface area contributed by atoms with Crippen molar-refractivity contribution in [2.24, 2.45) is 0 Å². The molecule has 0 amide bonds. The molecule has 174 valence electrons. The number of benzene rings is 1. The number of nitrogens with zero attached hydrogens (tertiary/aromatic N) is 5. The molecule has 32 heavy (non-hydrogen) atoms. The largest absolute Gasteiger partial charge is 0.462 e. The van der Waals surface area contributed by atoms with Crippen molar-refractivity contribution < 1.29 is 9.47 Å². The third-order valence-corrected chi connectivity index (χ3v) is 6.08. The van der Waals surface area contributed by atoms with Gasteiger partial charge in [-0.2, -0.15) is 9.97 Å². The monoisotopic (exact) mass is 440 g/mol. The van der Waals surface area contributed by atoms with E-state index in [0.29, 0.717) is 31.2 Å². The molecule has 0 bridgehead atoms. The van der Waals surface area contributed by atoms with E-state index in [9.17, 15) is 0 Å². The quantitative estimate of drug-likeness (QED) is 0.600. The fraction of sp³-hybridized carbons (Fsp3) is 0.625. The standard InChI is InChI=1S/C24H36N6O2/c1-20-8-10-21(11-9-20)25-22-26-23(31-18-16-29-12-4-2-5-13-29)28-24(27-22)32-19-17-30-14-6-3-7-15-30/h8-11H,2-7,12-19H2,1H3,(H,25,26,27,28). The van der Waals surface area contributed by atoms with Crippen LogP contribution >= 0.6 is 0 Å². The maximum Gasteiger partial charge on any atom is 0.324 e. The van der Waals surface area contributed by atoms with E-state index >= 15 is 0 Å². The minimum atomic E-state index is 0.305. The zero-order valence-corrected chi connectivity index (χ0v) is 19.3. The Balaban J connectivity index is 1.37. The Hall–Kier alpha value is -2.45. The molecule has 0 radical (unpaired) electrons. The van der Waals surface area contributed by atoms with E-state index in [2.05, 4.69) is 49.1 Å². The van der Waals surface area contributed by atoms with E-state index in [1.165, 1.54) is 44.1 Å². The molecule has 1 N–H and O–H groups in total. The van der Waals surface area contributed by atoms with Gasteiger partial charge in [0, 0.05) is 18.8 Å². The molecule has 0 saturated carbocycles. The van der Waals surface area contributed by atoms with Gasteiger partial charge >= 0.3 is 12.0 Å². The molecule has 2 saturated heterocycles. The third kappa shape index (κ3) is 7.31. The Labute approximate surface area is 191 Å². The second kappa shape index (κ2) is 12.0. The first-order valence-electron chi connectivity index (χ1n) is 12.0. The molecule has 2 aliphatic rings. The van der Waals surface area contributed by atoms with Crippen molar-refractivity contribution in [3.63, 3.8) is 0 Å². The van der Waals surface area contributed by atoms with E-state index in [0.717, 1.165) is 45.0 Å². The highest BCUT2D eigenvalue weighted by Gasteiger charge is 2.14. The van der Waals surface area contributed by atoms with Gasteiger partial charge in [0.25, 0.3) is 0 Å². The lowest BCUT2D eigenvalue weighted by atomic mass is 10.1. The van der Waals surface area contributed by atoms with Crippen LogP contribution in [0.5, 0.6) is 12.0 Å². The van der Waals surface area contributed by atoms with Crippen LogP contribution in [0.3, 0.4) is 0 Å². The summed E-state index contributed by atoms with van der Waals surface area (Å²) in [6, 6.07) is 8.73. The fourth-order valence-corrected chi connectivity index (χ4v) is 4.19. The molecule has 0 unspecified atom stereocenters. The number of piperidine rings is 2. The number of ether oxygens (including phenoxy) is 2. The lowest BCUT2D eigenvalue weighted by molar-refractivity contribution is 0.168. The number of rotatable bonds is 10. The van der Waals surface area contributed by atoms with Crippen molar-refractivity contribution in [2.75, 3.05) is 57.8 Å². The van der Waals surface area contributed by atoms with Gasteiger partial charge in [-0.15, -0.1) is 4.98 Å². The second-order valence-corrected chi connectivity index (χ2v) is 8.72. The Kier molecular flexibility index (Phi) is 8.50. The highest BCUT2D eigenvalue weighted by molar-refractivity contribution is 5.53. The Morgan fingerprint density at radius 2 is 1.22 bits per heavy atom. The molecule has 4 rings (SSSR count). The normalized spacial score (nSPS) is 17.8. The van der Waals surface area contributed by atoms with Crippen LogP contribution in [0.2, 0.25) is 0 Å². The van der Waals surface area contributed by atoms with Crippen molar-refractivity contribution in [1.82, 2.24) is 24.8 Å². The summed E-state index contributed by atoms with van der Waals surface area (Å²) < 4.78 is 11.8. The molecular formula is C24H36N6O2. The zero-order valence-electron chi connectivity index (χ0n) is 19.3. The summed E-state index contributed by atoms with van der Waals surface area (Å²) in [5.41, 5.74) is 2.12. The van der Waals surface area contributed by atoms with Gasteiger partial charge in [-0.05, 0) is 70.9 Å². The summed E-state index contributed by atoms with van der Waals surface area (Å²) >= 11 is 0. The molecule has 8 heteroatoms. The fourth-order valence-electron chi connectivity index (χ4n) is 4.19. The summed E-state index contributed by atoms with van der Waals surface area (Å²) in [4.78, 5) is 18.2. The number of aryl methyl sites for hydroxylation is 1. The maximum absolute atomic E-state index is 5.91. The summed E-state index contributed by atoms with van der Waals surface area (Å²) in [5, 5.41) is 3.25. The second-order valence-electron chi connectivity index (χ2n) is 8.72. The van der Waals surface area contributed by atoms with Gasteiger partial charge in [0.2, 0.25) is 5.95 Å². The van der Waals surface area contributed by atoms with Gasteiger partial charge in [0.15, 0.2) is 0 Å². The predicted molar refractivity (Wildman–Crippen MR) is 126 cm³/mol. The minimum absolute atomic E-state index is 0.305. The Morgan fingerprint density at radius 3 is 1.72 bits per heavy atom.